The van der Waals surface area contributed by atoms with Crippen molar-refractivity contribution in [3.63, 3.8) is 0 Å². The Bertz CT molecular complexity index is 718. The van der Waals surface area contributed by atoms with E-state index in [1.165, 1.54) is 0 Å². The Morgan fingerprint density at radius 1 is 1.16 bits per heavy atom. The molecule has 0 spiro atoms. The summed E-state index contributed by atoms with van der Waals surface area (Å²) in [6, 6.07) is 15.0. The van der Waals surface area contributed by atoms with Gasteiger partial charge in [0.05, 0.1) is 13.7 Å². The van der Waals surface area contributed by atoms with Crippen molar-refractivity contribution >= 4 is 11.6 Å². The van der Waals surface area contributed by atoms with E-state index in [1.807, 2.05) is 55.5 Å². The smallest absolute Gasteiger partial charge is 0.242 e. The molecule has 0 aliphatic carbocycles. The first-order chi connectivity index (χ1) is 12.2. The summed E-state index contributed by atoms with van der Waals surface area (Å²) >= 11 is 0. The second kappa shape index (κ2) is 8.00. The summed E-state index contributed by atoms with van der Waals surface area (Å²) in [5.74, 6) is 1.53. The maximum Gasteiger partial charge on any atom is 0.242 e. The maximum atomic E-state index is 12.5. The number of nitrogens with one attached hydrogen (secondary N) is 3. The van der Waals surface area contributed by atoms with Gasteiger partial charge in [-0.3, -0.25) is 4.79 Å². The summed E-state index contributed by atoms with van der Waals surface area (Å²) < 4.78 is 10.7. The molecule has 25 heavy (non-hydrogen) atoms. The number of anilines is 1. The predicted molar refractivity (Wildman–Crippen MR) is 96.7 cm³/mol. The van der Waals surface area contributed by atoms with Crippen LogP contribution in [0.4, 0.5) is 5.69 Å². The second-order valence-corrected chi connectivity index (χ2v) is 5.85. The molecule has 1 aliphatic rings. The Morgan fingerprint density at radius 2 is 1.96 bits per heavy atom. The maximum absolute atomic E-state index is 12.5. The van der Waals surface area contributed by atoms with Crippen molar-refractivity contribution < 1.29 is 14.3 Å². The molecule has 1 heterocycles. The molecule has 1 aliphatic heterocycles. The summed E-state index contributed by atoms with van der Waals surface area (Å²) in [6.45, 7) is 2.56. The van der Waals surface area contributed by atoms with Crippen LogP contribution in [0.25, 0.3) is 0 Å². The normalized spacial score (nSPS) is 19.4. The van der Waals surface area contributed by atoms with Gasteiger partial charge in [0, 0.05) is 11.7 Å². The van der Waals surface area contributed by atoms with Gasteiger partial charge in [-0.25, -0.2) is 10.9 Å². The number of ether oxygens (including phenoxy) is 2. The summed E-state index contributed by atoms with van der Waals surface area (Å²) in [5, 5.41) is 2.93. The van der Waals surface area contributed by atoms with Gasteiger partial charge >= 0.3 is 0 Å². The van der Waals surface area contributed by atoms with Crippen molar-refractivity contribution in [3.8, 4) is 11.5 Å². The van der Waals surface area contributed by atoms with E-state index in [1.54, 1.807) is 7.11 Å². The van der Waals surface area contributed by atoms with E-state index in [2.05, 4.69) is 16.2 Å². The van der Waals surface area contributed by atoms with Crippen molar-refractivity contribution in [2.75, 3.05) is 19.0 Å². The largest absolute Gasteiger partial charge is 0.497 e. The van der Waals surface area contributed by atoms with Gasteiger partial charge < -0.3 is 14.8 Å². The highest BCUT2D eigenvalue weighted by Crippen LogP contribution is 2.26. The van der Waals surface area contributed by atoms with Gasteiger partial charge in [0.25, 0.3) is 0 Å². The predicted octanol–water partition coefficient (Wildman–Crippen LogP) is 2.64. The molecule has 1 fully saturated rings. The number of hydrogen-bond donors (Lipinski definition) is 3. The van der Waals surface area contributed by atoms with Gasteiger partial charge in [-0.05, 0) is 55.3 Å². The third kappa shape index (κ3) is 4.29. The Morgan fingerprint density at radius 3 is 2.68 bits per heavy atom. The van der Waals surface area contributed by atoms with Crippen molar-refractivity contribution in [2.24, 2.45) is 0 Å². The average molecular weight is 341 g/mol. The lowest BCUT2D eigenvalue weighted by molar-refractivity contribution is -0.117. The van der Waals surface area contributed by atoms with Crippen LogP contribution in [0.1, 0.15) is 24.9 Å². The van der Waals surface area contributed by atoms with Crippen molar-refractivity contribution in [1.82, 2.24) is 10.9 Å². The molecule has 0 aromatic heterocycles. The van der Waals surface area contributed by atoms with Gasteiger partial charge in [0.1, 0.15) is 17.5 Å². The molecule has 2 atom stereocenters. The van der Waals surface area contributed by atoms with E-state index in [9.17, 15) is 4.79 Å². The number of amides is 1. The zero-order chi connectivity index (χ0) is 17.6. The molecule has 6 heteroatoms. The molecular formula is C19H23N3O3. The molecule has 3 N–H and O–H groups in total. The third-order valence-electron chi connectivity index (χ3n) is 4.15. The van der Waals surface area contributed by atoms with Crippen LogP contribution in [0.15, 0.2) is 48.5 Å². The van der Waals surface area contributed by atoms with Gasteiger partial charge in [-0.1, -0.05) is 12.1 Å². The zero-order valence-corrected chi connectivity index (χ0v) is 14.4. The molecule has 2 unspecified atom stereocenters. The van der Waals surface area contributed by atoms with Crippen LogP contribution in [-0.2, 0) is 4.79 Å². The number of rotatable bonds is 6. The molecule has 0 bridgehead atoms. The van der Waals surface area contributed by atoms with Crippen LogP contribution in [0, 0.1) is 0 Å². The molecule has 1 saturated heterocycles. The number of carbonyl (C=O) groups is 1. The van der Waals surface area contributed by atoms with Crippen molar-refractivity contribution in [1.29, 1.82) is 0 Å². The number of carbonyl (C=O) groups excluding carboxylic acids is 1. The molecule has 6 nitrogen and oxygen atoms in total. The summed E-state index contributed by atoms with van der Waals surface area (Å²) in [4.78, 5) is 12.5. The lowest BCUT2D eigenvalue weighted by atomic mass is 10.0. The molecule has 3 rings (SSSR count). The highest BCUT2D eigenvalue weighted by molar-refractivity contribution is 5.95. The second-order valence-electron chi connectivity index (χ2n) is 5.85. The molecule has 2 aromatic carbocycles. The number of methoxy groups -OCH3 is 1. The summed E-state index contributed by atoms with van der Waals surface area (Å²) in [7, 11) is 1.65. The van der Waals surface area contributed by atoms with Gasteiger partial charge in [-0.2, -0.15) is 0 Å². The molecule has 1 amide bonds. The summed E-state index contributed by atoms with van der Waals surface area (Å²) in [6.07, 6.45) is 0.663. The fraction of sp³-hybridized carbons (Fsp3) is 0.316. The Hall–Kier alpha value is -2.57. The van der Waals surface area contributed by atoms with Gasteiger partial charge in [-0.15, -0.1) is 0 Å². The Labute approximate surface area is 147 Å². The summed E-state index contributed by atoms with van der Waals surface area (Å²) in [5.41, 5.74) is 8.08. The SMILES string of the molecule is CCOc1ccc(NC(=O)C2CC(c3cccc(OC)c3)NN2)cc1. The molecule has 132 valence electrons. The lowest BCUT2D eigenvalue weighted by Crippen LogP contribution is -2.39. The van der Waals surface area contributed by atoms with Crippen molar-refractivity contribution in [3.05, 3.63) is 54.1 Å². The van der Waals surface area contributed by atoms with Crippen LogP contribution in [-0.4, -0.2) is 25.7 Å². The first kappa shape index (κ1) is 17.3. The monoisotopic (exact) mass is 341 g/mol. The number of benzene rings is 2. The van der Waals surface area contributed by atoms with E-state index in [0.717, 1.165) is 22.7 Å². The average Bonchev–Trinajstić information content (AvgIpc) is 3.14. The zero-order valence-electron chi connectivity index (χ0n) is 14.4. The van der Waals surface area contributed by atoms with Crippen LogP contribution in [0.5, 0.6) is 11.5 Å². The number of hydrogen-bond acceptors (Lipinski definition) is 5. The molecular weight excluding hydrogens is 318 g/mol. The fourth-order valence-electron chi connectivity index (χ4n) is 2.84. The standard InChI is InChI=1S/C19H23N3O3/c1-3-25-15-9-7-14(8-10-15)20-19(23)18-12-17(21-22-18)13-5-4-6-16(11-13)24-2/h4-11,17-18,21-22H,3,12H2,1-2H3,(H,20,23). The van der Waals surface area contributed by atoms with Crippen LogP contribution >= 0.6 is 0 Å². The van der Waals surface area contributed by atoms with E-state index >= 15 is 0 Å². The fourth-order valence-corrected chi connectivity index (χ4v) is 2.84. The highest BCUT2D eigenvalue weighted by atomic mass is 16.5. The molecule has 0 saturated carbocycles. The Balaban J connectivity index is 1.58. The first-order valence-electron chi connectivity index (χ1n) is 8.38. The van der Waals surface area contributed by atoms with E-state index in [4.69, 9.17) is 9.47 Å². The molecule has 2 aromatic rings. The minimum absolute atomic E-state index is 0.0613. The van der Waals surface area contributed by atoms with Gasteiger partial charge in [0.15, 0.2) is 0 Å². The quantitative estimate of drug-likeness (QED) is 0.753. The molecule has 0 radical (unpaired) electrons. The van der Waals surface area contributed by atoms with Crippen LogP contribution < -0.4 is 25.6 Å². The first-order valence-corrected chi connectivity index (χ1v) is 8.38. The van der Waals surface area contributed by atoms with Crippen LogP contribution in [0.2, 0.25) is 0 Å². The van der Waals surface area contributed by atoms with Crippen molar-refractivity contribution in [2.45, 2.75) is 25.4 Å². The third-order valence-corrected chi connectivity index (χ3v) is 4.15. The van der Waals surface area contributed by atoms with E-state index in [-0.39, 0.29) is 18.0 Å². The lowest BCUT2D eigenvalue weighted by Gasteiger charge is -2.12. The topological polar surface area (TPSA) is 71.6 Å². The van der Waals surface area contributed by atoms with Gasteiger partial charge in [0.2, 0.25) is 5.91 Å². The minimum atomic E-state index is -0.303. The Kier molecular flexibility index (Phi) is 5.53. The highest BCUT2D eigenvalue weighted by Gasteiger charge is 2.30. The minimum Gasteiger partial charge on any atom is -0.497 e. The van der Waals surface area contributed by atoms with Crippen LogP contribution in [0.3, 0.4) is 0 Å². The van der Waals surface area contributed by atoms with E-state index < -0.39 is 0 Å². The number of hydrazine groups is 1. The van der Waals surface area contributed by atoms with E-state index in [0.29, 0.717) is 13.0 Å².